The summed E-state index contributed by atoms with van der Waals surface area (Å²) in [6.07, 6.45) is 3.11. The van der Waals surface area contributed by atoms with Gasteiger partial charge < -0.3 is 14.8 Å². The number of ether oxygens (including phenoxy) is 2. The molecule has 5 heteroatoms. The van der Waals surface area contributed by atoms with Gasteiger partial charge in [-0.1, -0.05) is 6.07 Å². The van der Waals surface area contributed by atoms with Gasteiger partial charge in [-0.25, -0.2) is 0 Å². The van der Waals surface area contributed by atoms with Gasteiger partial charge in [-0.2, -0.15) is 0 Å². The molecule has 1 fully saturated rings. The number of amides is 1. The largest absolute Gasteiger partial charge is 0.427 e. The molecule has 0 atom stereocenters. The van der Waals surface area contributed by atoms with E-state index in [2.05, 4.69) is 5.32 Å². The monoisotopic (exact) mass is 291 g/mol. The highest BCUT2D eigenvalue weighted by Gasteiger charge is 2.14. The number of rotatable bonds is 5. The number of hydrogen-bond donors (Lipinski definition) is 1. The van der Waals surface area contributed by atoms with E-state index in [1.807, 2.05) is 0 Å². The summed E-state index contributed by atoms with van der Waals surface area (Å²) in [5.41, 5.74) is 0.501. The Kier molecular flexibility index (Phi) is 5.75. The van der Waals surface area contributed by atoms with Gasteiger partial charge in [0.15, 0.2) is 0 Å². The van der Waals surface area contributed by atoms with Crippen molar-refractivity contribution in [2.75, 3.05) is 19.8 Å². The Bertz CT molecular complexity index is 495. The second-order valence-electron chi connectivity index (χ2n) is 5.22. The molecule has 1 aromatic carbocycles. The van der Waals surface area contributed by atoms with Crippen LogP contribution < -0.4 is 10.1 Å². The maximum atomic E-state index is 12.0. The van der Waals surface area contributed by atoms with E-state index in [1.54, 1.807) is 24.3 Å². The van der Waals surface area contributed by atoms with E-state index >= 15 is 0 Å². The lowest BCUT2D eigenvalue weighted by Crippen LogP contribution is -2.27. The Hall–Kier alpha value is -1.88. The molecule has 1 aromatic rings. The van der Waals surface area contributed by atoms with Crippen LogP contribution in [-0.2, 0) is 9.53 Å². The van der Waals surface area contributed by atoms with Crippen LogP contribution in [0, 0.1) is 5.92 Å². The van der Waals surface area contributed by atoms with Gasteiger partial charge in [0, 0.05) is 32.2 Å². The minimum Gasteiger partial charge on any atom is -0.427 e. The third-order valence-corrected chi connectivity index (χ3v) is 3.54. The molecule has 1 amide bonds. The highest BCUT2D eigenvalue weighted by Crippen LogP contribution is 2.18. The first-order valence-electron chi connectivity index (χ1n) is 7.29. The van der Waals surface area contributed by atoms with E-state index in [0.717, 1.165) is 32.5 Å². The van der Waals surface area contributed by atoms with Crippen LogP contribution in [0.4, 0.5) is 0 Å². The molecule has 1 saturated heterocycles. The van der Waals surface area contributed by atoms with E-state index in [4.69, 9.17) is 9.47 Å². The summed E-state index contributed by atoms with van der Waals surface area (Å²) in [6.45, 7) is 3.63. The fourth-order valence-corrected chi connectivity index (χ4v) is 2.39. The highest BCUT2D eigenvalue weighted by atomic mass is 16.5. The maximum Gasteiger partial charge on any atom is 0.308 e. The van der Waals surface area contributed by atoms with E-state index in [-0.39, 0.29) is 5.91 Å². The Morgan fingerprint density at radius 2 is 2.10 bits per heavy atom. The van der Waals surface area contributed by atoms with Crippen LogP contribution >= 0.6 is 0 Å². The molecule has 0 spiro atoms. The molecule has 1 heterocycles. The molecular weight excluding hydrogens is 270 g/mol. The zero-order valence-corrected chi connectivity index (χ0v) is 12.3. The van der Waals surface area contributed by atoms with Gasteiger partial charge in [0.2, 0.25) is 0 Å². The molecule has 0 aromatic heterocycles. The summed E-state index contributed by atoms with van der Waals surface area (Å²) in [5.74, 6) is 0.481. The lowest BCUT2D eigenvalue weighted by atomic mass is 9.97. The first-order valence-corrected chi connectivity index (χ1v) is 7.29. The molecule has 114 valence electrons. The van der Waals surface area contributed by atoms with Crippen molar-refractivity contribution in [3.63, 3.8) is 0 Å². The van der Waals surface area contributed by atoms with Crippen LogP contribution in [0.5, 0.6) is 5.75 Å². The zero-order valence-electron chi connectivity index (χ0n) is 12.3. The van der Waals surface area contributed by atoms with Crippen molar-refractivity contribution in [3.05, 3.63) is 29.8 Å². The van der Waals surface area contributed by atoms with Gasteiger partial charge in [-0.15, -0.1) is 0 Å². The van der Waals surface area contributed by atoms with Gasteiger partial charge in [0.05, 0.1) is 0 Å². The van der Waals surface area contributed by atoms with Crippen LogP contribution in [0.2, 0.25) is 0 Å². The molecular formula is C16H21NO4. The predicted molar refractivity (Wildman–Crippen MR) is 78.2 cm³/mol. The maximum absolute atomic E-state index is 12.0. The number of nitrogens with one attached hydrogen (secondary N) is 1. The fourth-order valence-electron chi connectivity index (χ4n) is 2.39. The minimum absolute atomic E-state index is 0.143. The molecule has 1 N–H and O–H groups in total. The average molecular weight is 291 g/mol. The minimum atomic E-state index is -0.396. The molecule has 0 saturated carbocycles. The molecule has 2 rings (SSSR count). The average Bonchev–Trinajstić information content (AvgIpc) is 2.48. The number of benzene rings is 1. The second kappa shape index (κ2) is 7.78. The second-order valence-corrected chi connectivity index (χ2v) is 5.22. The molecule has 21 heavy (non-hydrogen) atoms. The summed E-state index contributed by atoms with van der Waals surface area (Å²) in [5, 5.41) is 2.91. The topological polar surface area (TPSA) is 64.6 Å². The van der Waals surface area contributed by atoms with Gasteiger partial charge in [0.25, 0.3) is 5.91 Å². The van der Waals surface area contributed by atoms with E-state index in [9.17, 15) is 9.59 Å². The number of carbonyl (C=O) groups is 2. The third kappa shape index (κ3) is 5.19. The van der Waals surface area contributed by atoms with Gasteiger partial charge in [0.1, 0.15) is 5.75 Å². The number of carbonyl (C=O) groups excluding carboxylic acids is 2. The molecule has 0 radical (unpaired) electrons. The lowest BCUT2D eigenvalue weighted by Gasteiger charge is -2.21. The highest BCUT2D eigenvalue weighted by molar-refractivity contribution is 5.94. The zero-order chi connectivity index (χ0) is 15.1. The van der Waals surface area contributed by atoms with Crippen molar-refractivity contribution in [1.29, 1.82) is 0 Å². The first kappa shape index (κ1) is 15.5. The van der Waals surface area contributed by atoms with Crippen molar-refractivity contribution in [1.82, 2.24) is 5.32 Å². The number of esters is 1. The summed E-state index contributed by atoms with van der Waals surface area (Å²) in [4.78, 5) is 23.0. The quantitative estimate of drug-likeness (QED) is 0.667. The van der Waals surface area contributed by atoms with Crippen molar-refractivity contribution in [2.45, 2.75) is 26.2 Å². The van der Waals surface area contributed by atoms with Crippen LogP contribution in [-0.4, -0.2) is 31.6 Å². The van der Waals surface area contributed by atoms with Crippen LogP contribution in [0.1, 0.15) is 36.5 Å². The SMILES string of the molecule is CC(=O)Oc1cccc(C(=O)NCCC2CCOCC2)c1. The molecule has 5 nitrogen and oxygen atoms in total. The van der Waals surface area contributed by atoms with Crippen LogP contribution in [0.25, 0.3) is 0 Å². The normalized spacial score (nSPS) is 15.5. The summed E-state index contributed by atoms with van der Waals surface area (Å²) < 4.78 is 10.3. The van der Waals surface area contributed by atoms with Crippen LogP contribution in [0.15, 0.2) is 24.3 Å². The van der Waals surface area contributed by atoms with Crippen molar-refractivity contribution >= 4 is 11.9 Å². The predicted octanol–water partition coefficient (Wildman–Crippen LogP) is 2.16. The molecule has 0 unspecified atom stereocenters. The molecule has 0 bridgehead atoms. The summed E-state index contributed by atoms with van der Waals surface area (Å²) in [6, 6.07) is 6.63. The van der Waals surface area contributed by atoms with Crippen LogP contribution in [0.3, 0.4) is 0 Å². The first-order chi connectivity index (χ1) is 10.1. The van der Waals surface area contributed by atoms with E-state index in [0.29, 0.717) is 23.8 Å². The van der Waals surface area contributed by atoms with Crippen molar-refractivity contribution in [2.24, 2.45) is 5.92 Å². The molecule has 1 aliphatic rings. The van der Waals surface area contributed by atoms with E-state index < -0.39 is 5.97 Å². The third-order valence-electron chi connectivity index (χ3n) is 3.54. The number of hydrogen-bond acceptors (Lipinski definition) is 4. The van der Waals surface area contributed by atoms with Crippen molar-refractivity contribution in [3.8, 4) is 5.75 Å². The Labute approximate surface area is 124 Å². The van der Waals surface area contributed by atoms with Gasteiger partial charge in [-0.05, 0) is 43.4 Å². The Morgan fingerprint density at radius 3 is 2.81 bits per heavy atom. The smallest absolute Gasteiger partial charge is 0.308 e. The molecule has 1 aliphatic heterocycles. The molecule has 0 aliphatic carbocycles. The van der Waals surface area contributed by atoms with E-state index in [1.165, 1.54) is 6.92 Å². The van der Waals surface area contributed by atoms with Crippen molar-refractivity contribution < 1.29 is 19.1 Å². The summed E-state index contributed by atoms with van der Waals surface area (Å²) in [7, 11) is 0. The standard InChI is InChI=1S/C16H21NO4/c1-12(18)21-15-4-2-3-14(11-15)16(19)17-8-5-13-6-9-20-10-7-13/h2-4,11,13H,5-10H2,1H3,(H,17,19). The Balaban J connectivity index is 1.80. The fraction of sp³-hybridized carbons (Fsp3) is 0.500. The Morgan fingerprint density at radius 1 is 1.33 bits per heavy atom. The van der Waals surface area contributed by atoms with Gasteiger partial charge >= 0.3 is 5.97 Å². The summed E-state index contributed by atoms with van der Waals surface area (Å²) >= 11 is 0. The van der Waals surface area contributed by atoms with Gasteiger partial charge in [-0.3, -0.25) is 9.59 Å². The lowest BCUT2D eigenvalue weighted by molar-refractivity contribution is -0.131.